The number of nitrogens with two attached hydrogens (primary N) is 1. The number of rotatable bonds is 4. The van der Waals surface area contributed by atoms with E-state index >= 15 is 0 Å². The second kappa shape index (κ2) is 5.63. The second-order valence-corrected chi connectivity index (χ2v) is 5.25. The van der Waals surface area contributed by atoms with Crippen LogP contribution in [0.1, 0.15) is 41.6 Å². The maximum absolute atomic E-state index is 6.38. The number of nitrogens with zero attached hydrogens (tertiary/aromatic N) is 1. The summed E-state index contributed by atoms with van der Waals surface area (Å²) >= 11 is 0. The fourth-order valence-electron chi connectivity index (χ4n) is 2.83. The zero-order chi connectivity index (χ0) is 13.9. The van der Waals surface area contributed by atoms with Crippen molar-refractivity contribution in [2.24, 2.45) is 5.73 Å². The molecule has 2 aromatic rings. The average Bonchev–Trinajstić information content (AvgIpc) is 2.94. The molecule has 1 aliphatic carbocycles. The zero-order valence-corrected chi connectivity index (χ0v) is 11.8. The lowest BCUT2D eigenvalue weighted by atomic mass is 9.97. The fraction of sp³-hybridized carbons (Fsp3) is 0.353. The lowest BCUT2D eigenvalue weighted by Gasteiger charge is -2.14. The monoisotopic (exact) mass is 268 g/mol. The lowest BCUT2D eigenvalue weighted by Crippen LogP contribution is -2.12. The number of ether oxygens (including phenoxy) is 1. The van der Waals surface area contributed by atoms with Crippen LogP contribution >= 0.6 is 0 Å². The van der Waals surface area contributed by atoms with Gasteiger partial charge >= 0.3 is 0 Å². The Morgan fingerprint density at radius 1 is 1.15 bits per heavy atom. The summed E-state index contributed by atoms with van der Waals surface area (Å²) in [6.07, 6.45) is 7.18. The van der Waals surface area contributed by atoms with E-state index in [9.17, 15) is 0 Å². The molecule has 1 unspecified atom stereocenters. The van der Waals surface area contributed by atoms with Crippen molar-refractivity contribution in [3.05, 3.63) is 58.9 Å². The van der Waals surface area contributed by atoms with Crippen LogP contribution in [0.4, 0.5) is 0 Å². The molecule has 104 valence electrons. The Bertz CT molecular complexity index is 610. The number of hydrogen-bond donors (Lipinski definition) is 1. The molecular weight excluding hydrogens is 248 g/mol. The summed E-state index contributed by atoms with van der Waals surface area (Å²) in [5.74, 6) is 0.779. The fourth-order valence-corrected chi connectivity index (χ4v) is 2.83. The molecule has 0 radical (unpaired) electrons. The van der Waals surface area contributed by atoms with Crippen LogP contribution in [0, 0.1) is 0 Å². The molecule has 2 N–H and O–H groups in total. The quantitative estimate of drug-likeness (QED) is 0.927. The summed E-state index contributed by atoms with van der Waals surface area (Å²) in [5.41, 5.74) is 11.5. The molecule has 3 rings (SSSR count). The van der Waals surface area contributed by atoms with Crippen molar-refractivity contribution in [2.75, 3.05) is 6.61 Å². The lowest BCUT2D eigenvalue weighted by molar-refractivity contribution is 0.338. The highest BCUT2D eigenvalue weighted by Gasteiger charge is 2.15. The van der Waals surface area contributed by atoms with Crippen molar-refractivity contribution in [3.8, 4) is 5.75 Å². The first kappa shape index (κ1) is 13.1. The van der Waals surface area contributed by atoms with Gasteiger partial charge in [0, 0.05) is 6.20 Å². The van der Waals surface area contributed by atoms with Gasteiger partial charge in [0.1, 0.15) is 5.75 Å². The Morgan fingerprint density at radius 2 is 2.00 bits per heavy atom. The van der Waals surface area contributed by atoms with Crippen LogP contribution < -0.4 is 10.5 Å². The van der Waals surface area contributed by atoms with E-state index in [2.05, 4.69) is 23.2 Å². The van der Waals surface area contributed by atoms with Gasteiger partial charge in [-0.15, -0.1) is 0 Å². The highest BCUT2D eigenvalue weighted by atomic mass is 16.5. The minimum absolute atomic E-state index is 0.145. The first-order valence-corrected chi connectivity index (χ1v) is 7.23. The van der Waals surface area contributed by atoms with Crippen LogP contribution in [0.2, 0.25) is 0 Å². The largest absolute Gasteiger partial charge is 0.492 e. The van der Waals surface area contributed by atoms with Gasteiger partial charge in [0.15, 0.2) is 0 Å². The molecule has 3 heteroatoms. The molecule has 0 spiro atoms. The maximum Gasteiger partial charge on any atom is 0.137 e. The summed E-state index contributed by atoms with van der Waals surface area (Å²) in [5, 5.41) is 0. The zero-order valence-electron chi connectivity index (χ0n) is 11.8. The van der Waals surface area contributed by atoms with Crippen molar-refractivity contribution in [3.63, 3.8) is 0 Å². The summed E-state index contributed by atoms with van der Waals surface area (Å²) in [6, 6.07) is 8.45. The Morgan fingerprint density at radius 3 is 2.85 bits per heavy atom. The Labute approximate surface area is 119 Å². The Kier molecular flexibility index (Phi) is 3.70. The van der Waals surface area contributed by atoms with Crippen LogP contribution in [-0.2, 0) is 12.8 Å². The molecule has 1 aromatic carbocycles. The molecule has 1 heterocycles. The number of fused-ring (bicyclic) bond motifs is 1. The second-order valence-electron chi connectivity index (χ2n) is 5.25. The molecule has 3 nitrogen and oxygen atoms in total. The van der Waals surface area contributed by atoms with Crippen molar-refractivity contribution in [1.82, 2.24) is 4.98 Å². The van der Waals surface area contributed by atoms with Crippen LogP contribution in [0.3, 0.4) is 0 Å². The molecule has 0 aliphatic heterocycles. The Balaban J connectivity index is 1.88. The van der Waals surface area contributed by atoms with E-state index in [1.165, 1.54) is 30.4 Å². The van der Waals surface area contributed by atoms with E-state index in [0.717, 1.165) is 16.9 Å². The number of aromatic nitrogens is 1. The highest BCUT2D eigenvalue weighted by Crippen LogP contribution is 2.28. The molecule has 1 aromatic heterocycles. The molecule has 0 saturated heterocycles. The number of aryl methyl sites for hydroxylation is 2. The third kappa shape index (κ3) is 2.54. The van der Waals surface area contributed by atoms with Crippen LogP contribution in [0.25, 0.3) is 0 Å². The van der Waals surface area contributed by atoms with Gasteiger partial charge in [-0.25, -0.2) is 0 Å². The normalized spacial score (nSPS) is 14.9. The van der Waals surface area contributed by atoms with Gasteiger partial charge in [0.25, 0.3) is 0 Å². The third-order valence-electron chi connectivity index (χ3n) is 3.89. The van der Waals surface area contributed by atoms with Crippen LogP contribution in [0.15, 0.2) is 36.7 Å². The molecule has 0 amide bonds. The predicted octanol–water partition coefficient (Wildman–Crippen LogP) is 3.02. The third-order valence-corrected chi connectivity index (χ3v) is 3.89. The molecule has 0 bridgehead atoms. The number of hydrogen-bond acceptors (Lipinski definition) is 3. The van der Waals surface area contributed by atoms with Crippen LogP contribution in [0.5, 0.6) is 5.75 Å². The molecule has 20 heavy (non-hydrogen) atoms. The molecule has 1 atom stereocenters. The van der Waals surface area contributed by atoms with Gasteiger partial charge in [-0.1, -0.05) is 18.2 Å². The van der Waals surface area contributed by atoms with Crippen molar-refractivity contribution in [1.29, 1.82) is 0 Å². The van der Waals surface area contributed by atoms with Crippen LogP contribution in [-0.4, -0.2) is 11.6 Å². The van der Waals surface area contributed by atoms with Crippen molar-refractivity contribution in [2.45, 2.75) is 32.2 Å². The standard InChI is InChI=1S/C17H20N2O/c1-2-20-16-9-15(10-19-11-16)17(18)14-7-6-12-4-3-5-13(12)8-14/h6-11,17H,2-5,18H2,1H3. The van der Waals surface area contributed by atoms with E-state index < -0.39 is 0 Å². The first-order valence-electron chi connectivity index (χ1n) is 7.23. The van der Waals surface area contributed by atoms with Gasteiger partial charge in [-0.05, 0) is 54.5 Å². The summed E-state index contributed by atoms with van der Waals surface area (Å²) in [7, 11) is 0. The van der Waals surface area contributed by atoms with E-state index in [1.54, 1.807) is 6.20 Å². The van der Waals surface area contributed by atoms with Crippen molar-refractivity contribution < 1.29 is 4.74 Å². The average molecular weight is 268 g/mol. The van der Waals surface area contributed by atoms with E-state index in [0.29, 0.717) is 6.61 Å². The SMILES string of the molecule is CCOc1cncc(C(N)c2ccc3c(c2)CCC3)c1. The van der Waals surface area contributed by atoms with Gasteiger partial charge in [0.05, 0.1) is 18.8 Å². The number of benzene rings is 1. The van der Waals surface area contributed by atoms with Gasteiger partial charge in [-0.3, -0.25) is 4.98 Å². The van der Waals surface area contributed by atoms with Gasteiger partial charge in [0.2, 0.25) is 0 Å². The minimum Gasteiger partial charge on any atom is -0.492 e. The van der Waals surface area contributed by atoms with Crippen molar-refractivity contribution >= 4 is 0 Å². The summed E-state index contributed by atoms with van der Waals surface area (Å²) in [6.45, 7) is 2.60. The van der Waals surface area contributed by atoms with E-state index in [1.807, 2.05) is 19.2 Å². The van der Waals surface area contributed by atoms with E-state index in [-0.39, 0.29) is 6.04 Å². The molecule has 0 fully saturated rings. The van der Waals surface area contributed by atoms with Gasteiger partial charge < -0.3 is 10.5 Å². The summed E-state index contributed by atoms with van der Waals surface area (Å²) in [4.78, 5) is 4.22. The molecular formula is C17H20N2O. The minimum atomic E-state index is -0.145. The first-order chi connectivity index (χ1) is 9.78. The Hall–Kier alpha value is -1.87. The van der Waals surface area contributed by atoms with E-state index in [4.69, 9.17) is 10.5 Å². The van der Waals surface area contributed by atoms with Gasteiger partial charge in [-0.2, -0.15) is 0 Å². The highest BCUT2D eigenvalue weighted by molar-refractivity contribution is 5.40. The molecule has 1 aliphatic rings. The predicted molar refractivity (Wildman–Crippen MR) is 79.9 cm³/mol. The topological polar surface area (TPSA) is 48.1 Å². The number of pyridine rings is 1. The maximum atomic E-state index is 6.38. The summed E-state index contributed by atoms with van der Waals surface area (Å²) < 4.78 is 5.49. The smallest absolute Gasteiger partial charge is 0.137 e. The molecule has 0 saturated carbocycles.